The van der Waals surface area contributed by atoms with E-state index in [2.05, 4.69) is 10.1 Å². The Labute approximate surface area is 164 Å². The second-order valence-corrected chi connectivity index (χ2v) is 10.1. The van der Waals surface area contributed by atoms with E-state index in [0.717, 1.165) is 0 Å². The lowest BCUT2D eigenvalue weighted by molar-refractivity contribution is -0.527. The van der Waals surface area contributed by atoms with Crippen molar-refractivity contribution in [2.75, 3.05) is 26.4 Å². The standard InChI is InChI=1S/C17H29N2O8P/c1-17(2)11-26-28(24,27-13-6-4-12(5-7-13)19(22)23)10-14(17)16(21)18-9-8-15(20)25-3/h12-14H,4-11H2,1-3H3,(H,18,21)/t12?,13?,14-,28?/m0/s1. The summed E-state index contributed by atoms with van der Waals surface area (Å²) in [5.74, 6) is -1.33. The van der Waals surface area contributed by atoms with Crippen molar-refractivity contribution in [2.24, 2.45) is 11.3 Å². The predicted octanol–water partition coefficient (Wildman–Crippen LogP) is 2.14. The molecule has 1 saturated carbocycles. The Morgan fingerprint density at radius 1 is 1.29 bits per heavy atom. The molecule has 1 saturated heterocycles. The van der Waals surface area contributed by atoms with Crippen LogP contribution in [-0.4, -0.2) is 55.4 Å². The Hall–Kier alpha value is -1.51. The first-order valence-corrected chi connectivity index (χ1v) is 11.2. The number of rotatable bonds is 7. The van der Waals surface area contributed by atoms with Crippen molar-refractivity contribution in [2.45, 2.75) is 58.1 Å². The second-order valence-electron chi connectivity index (χ2n) is 8.05. The fourth-order valence-corrected chi connectivity index (χ4v) is 6.06. The van der Waals surface area contributed by atoms with Crippen LogP contribution in [0, 0.1) is 21.4 Å². The Morgan fingerprint density at radius 3 is 2.50 bits per heavy atom. The number of esters is 1. The van der Waals surface area contributed by atoms with E-state index < -0.39 is 30.9 Å². The first-order chi connectivity index (χ1) is 13.1. The van der Waals surface area contributed by atoms with Crippen LogP contribution in [0.1, 0.15) is 46.0 Å². The molecule has 0 aromatic rings. The first-order valence-electron chi connectivity index (χ1n) is 9.46. The lowest BCUT2D eigenvalue weighted by atomic mass is 9.80. The molecule has 0 aromatic carbocycles. The minimum atomic E-state index is -3.49. The van der Waals surface area contributed by atoms with E-state index in [-0.39, 0.29) is 42.7 Å². The molecular formula is C17H29N2O8P. The average Bonchev–Trinajstić information content (AvgIpc) is 2.64. The summed E-state index contributed by atoms with van der Waals surface area (Å²) < 4.78 is 28.9. The molecule has 160 valence electrons. The van der Waals surface area contributed by atoms with Gasteiger partial charge in [-0.25, -0.2) is 0 Å². The molecule has 2 aliphatic rings. The molecular weight excluding hydrogens is 391 g/mol. The normalized spacial score (nSPS) is 32.3. The highest BCUT2D eigenvalue weighted by atomic mass is 31.2. The molecule has 0 radical (unpaired) electrons. The fourth-order valence-electron chi connectivity index (χ4n) is 3.50. The van der Waals surface area contributed by atoms with Crippen LogP contribution in [0.4, 0.5) is 0 Å². The van der Waals surface area contributed by atoms with Crippen molar-refractivity contribution in [1.29, 1.82) is 0 Å². The summed E-state index contributed by atoms with van der Waals surface area (Å²) in [6, 6.07) is -0.583. The van der Waals surface area contributed by atoms with Gasteiger partial charge in [-0.1, -0.05) is 13.8 Å². The number of ether oxygens (including phenoxy) is 1. The number of nitrogens with zero attached hydrogens (tertiary/aromatic N) is 1. The van der Waals surface area contributed by atoms with Crippen molar-refractivity contribution in [3.63, 3.8) is 0 Å². The van der Waals surface area contributed by atoms with Crippen molar-refractivity contribution >= 4 is 19.5 Å². The van der Waals surface area contributed by atoms with E-state index in [4.69, 9.17) is 9.05 Å². The molecule has 0 aromatic heterocycles. The van der Waals surface area contributed by atoms with E-state index in [1.807, 2.05) is 13.8 Å². The number of amides is 1. The van der Waals surface area contributed by atoms with Gasteiger partial charge < -0.3 is 19.1 Å². The molecule has 2 rings (SSSR count). The van der Waals surface area contributed by atoms with Gasteiger partial charge in [-0.3, -0.25) is 24.3 Å². The van der Waals surface area contributed by atoms with Gasteiger partial charge in [0, 0.05) is 29.7 Å². The van der Waals surface area contributed by atoms with Crippen LogP contribution in [0.5, 0.6) is 0 Å². The van der Waals surface area contributed by atoms with Gasteiger partial charge in [-0.05, 0) is 12.8 Å². The zero-order valence-corrected chi connectivity index (χ0v) is 17.4. The SMILES string of the molecule is COC(=O)CCNC(=O)[C@@H]1CP(=O)(OC2CCC([N+](=O)[O-])CC2)OCC1(C)C. The van der Waals surface area contributed by atoms with E-state index in [0.29, 0.717) is 25.7 Å². The third-order valence-corrected chi connectivity index (χ3v) is 7.36. The van der Waals surface area contributed by atoms with E-state index in [1.165, 1.54) is 7.11 Å². The van der Waals surface area contributed by atoms with Gasteiger partial charge in [0.2, 0.25) is 11.9 Å². The molecule has 11 heteroatoms. The maximum atomic E-state index is 13.1. The van der Waals surface area contributed by atoms with Crippen LogP contribution in [0.15, 0.2) is 0 Å². The number of carbonyl (C=O) groups is 2. The Kier molecular flexibility index (Phi) is 7.59. The molecule has 1 heterocycles. The summed E-state index contributed by atoms with van der Waals surface area (Å²) in [7, 11) is -2.22. The van der Waals surface area contributed by atoms with Gasteiger partial charge in [0.1, 0.15) is 0 Å². The van der Waals surface area contributed by atoms with Gasteiger partial charge in [0.25, 0.3) is 0 Å². The monoisotopic (exact) mass is 420 g/mol. The van der Waals surface area contributed by atoms with Crippen molar-refractivity contribution in [1.82, 2.24) is 5.32 Å². The number of hydrogen-bond acceptors (Lipinski definition) is 8. The van der Waals surface area contributed by atoms with Crippen LogP contribution < -0.4 is 5.32 Å². The second kappa shape index (κ2) is 9.33. The number of nitrogens with one attached hydrogen (secondary N) is 1. The van der Waals surface area contributed by atoms with E-state index in [9.17, 15) is 24.3 Å². The number of hydrogen-bond donors (Lipinski definition) is 1. The van der Waals surface area contributed by atoms with Crippen molar-refractivity contribution in [3.8, 4) is 0 Å². The molecule has 1 N–H and O–H groups in total. The number of nitro groups is 1. The summed E-state index contributed by atoms with van der Waals surface area (Å²) in [6.45, 7) is 3.94. The number of carbonyl (C=O) groups excluding carboxylic acids is 2. The van der Waals surface area contributed by atoms with Crippen LogP contribution in [0.2, 0.25) is 0 Å². The summed E-state index contributed by atoms with van der Waals surface area (Å²) in [4.78, 5) is 34.4. The van der Waals surface area contributed by atoms with Crippen LogP contribution >= 0.6 is 7.60 Å². The smallest absolute Gasteiger partial charge is 0.331 e. The van der Waals surface area contributed by atoms with Crippen LogP contribution in [0.3, 0.4) is 0 Å². The lowest BCUT2D eigenvalue weighted by Gasteiger charge is -2.41. The van der Waals surface area contributed by atoms with E-state index >= 15 is 0 Å². The maximum Gasteiger partial charge on any atom is 0.331 e. The lowest BCUT2D eigenvalue weighted by Crippen LogP contribution is -2.47. The summed E-state index contributed by atoms with van der Waals surface area (Å²) in [5, 5.41) is 13.5. The quantitative estimate of drug-likeness (QED) is 0.286. The molecule has 2 fully saturated rings. The molecule has 1 aliphatic carbocycles. The molecule has 10 nitrogen and oxygen atoms in total. The first kappa shape index (κ1) is 22.8. The minimum absolute atomic E-state index is 0.0553. The molecule has 2 atom stereocenters. The molecule has 1 amide bonds. The van der Waals surface area contributed by atoms with Gasteiger partial charge >= 0.3 is 13.6 Å². The highest BCUT2D eigenvalue weighted by Crippen LogP contribution is 2.58. The van der Waals surface area contributed by atoms with E-state index in [1.54, 1.807) is 0 Å². The van der Waals surface area contributed by atoms with Crippen molar-refractivity contribution < 1.29 is 32.9 Å². The predicted molar refractivity (Wildman–Crippen MR) is 99.5 cm³/mol. The molecule has 1 unspecified atom stereocenters. The van der Waals surface area contributed by atoms with Gasteiger partial charge in [0.15, 0.2) is 0 Å². The van der Waals surface area contributed by atoms with Crippen LogP contribution in [-0.2, 0) is 27.9 Å². The third-order valence-electron chi connectivity index (χ3n) is 5.41. The highest BCUT2D eigenvalue weighted by molar-refractivity contribution is 7.54. The van der Waals surface area contributed by atoms with Gasteiger partial charge in [-0.2, -0.15) is 0 Å². The van der Waals surface area contributed by atoms with Crippen molar-refractivity contribution in [3.05, 3.63) is 10.1 Å². The third kappa shape index (κ3) is 5.99. The molecule has 0 bridgehead atoms. The molecule has 0 spiro atoms. The Bertz CT molecular complexity index is 645. The van der Waals surface area contributed by atoms with Crippen LogP contribution in [0.25, 0.3) is 0 Å². The maximum absolute atomic E-state index is 13.1. The molecule has 28 heavy (non-hydrogen) atoms. The topological polar surface area (TPSA) is 134 Å². The Morgan fingerprint density at radius 2 is 1.93 bits per heavy atom. The molecule has 1 aliphatic heterocycles. The fraction of sp³-hybridized carbons (Fsp3) is 0.882. The highest BCUT2D eigenvalue weighted by Gasteiger charge is 2.48. The summed E-state index contributed by atoms with van der Waals surface area (Å²) in [5.41, 5.74) is -0.546. The Balaban J connectivity index is 1.94. The summed E-state index contributed by atoms with van der Waals surface area (Å²) in [6.07, 6.45) is 1.27. The largest absolute Gasteiger partial charge is 0.469 e. The van der Waals surface area contributed by atoms with Gasteiger partial charge in [-0.15, -0.1) is 0 Å². The zero-order valence-electron chi connectivity index (χ0n) is 16.5. The minimum Gasteiger partial charge on any atom is -0.469 e. The summed E-state index contributed by atoms with van der Waals surface area (Å²) >= 11 is 0. The number of methoxy groups -OCH3 is 1. The van der Waals surface area contributed by atoms with Gasteiger partial charge in [0.05, 0.1) is 38.3 Å². The average molecular weight is 420 g/mol. The zero-order chi connectivity index (χ0) is 20.9.